The SMILES string of the molecule is C[C@@H]1CN(c2nccc(C#N)n2)CCN1. The molecule has 0 radical (unpaired) electrons. The standard InChI is InChI=1S/C10H13N5/c1-8-7-15(5-4-12-8)10-13-3-2-9(6-11)14-10/h2-3,8,12H,4-5,7H2,1H3/t8-/m1/s1. The van der Waals surface area contributed by atoms with Crippen LogP contribution in [-0.4, -0.2) is 35.6 Å². The van der Waals surface area contributed by atoms with Gasteiger partial charge < -0.3 is 10.2 Å². The average Bonchev–Trinajstić information content (AvgIpc) is 2.29. The molecule has 5 nitrogen and oxygen atoms in total. The Morgan fingerprint density at radius 1 is 1.67 bits per heavy atom. The second kappa shape index (κ2) is 4.24. The van der Waals surface area contributed by atoms with Crippen LogP contribution in [0.15, 0.2) is 12.3 Å². The van der Waals surface area contributed by atoms with E-state index in [2.05, 4.69) is 27.1 Å². The fourth-order valence-corrected chi connectivity index (χ4v) is 1.68. The molecular weight excluding hydrogens is 190 g/mol. The number of aromatic nitrogens is 2. The lowest BCUT2D eigenvalue weighted by atomic mass is 10.2. The molecule has 0 saturated carbocycles. The van der Waals surface area contributed by atoms with E-state index in [1.165, 1.54) is 0 Å². The zero-order valence-electron chi connectivity index (χ0n) is 8.64. The molecule has 1 aliphatic heterocycles. The quantitative estimate of drug-likeness (QED) is 0.703. The number of nitriles is 1. The summed E-state index contributed by atoms with van der Waals surface area (Å²) in [6.07, 6.45) is 1.63. The summed E-state index contributed by atoms with van der Waals surface area (Å²) >= 11 is 0. The Morgan fingerprint density at radius 3 is 3.27 bits per heavy atom. The van der Waals surface area contributed by atoms with Crippen LogP contribution in [0.4, 0.5) is 5.95 Å². The summed E-state index contributed by atoms with van der Waals surface area (Å²) in [6, 6.07) is 4.08. The lowest BCUT2D eigenvalue weighted by Crippen LogP contribution is -2.49. The predicted molar refractivity (Wildman–Crippen MR) is 56.4 cm³/mol. The molecule has 0 unspecified atom stereocenters. The molecule has 1 aromatic heterocycles. The third kappa shape index (κ3) is 2.22. The molecular formula is C10H13N5. The third-order valence-electron chi connectivity index (χ3n) is 2.41. The summed E-state index contributed by atoms with van der Waals surface area (Å²) in [4.78, 5) is 10.5. The molecule has 1 saturated heterocycles. The van der Waals surface area contributed by atoms with Crippen LogP contribution in [-0.2, 0) is 0 Å². The summed E-state index contributed by atoms with van der Waals surface area (Å²) < 4.78 is 0. The van der Waals surface area contributed by atoms with Gasteiger partial charge in [-0.15, -0.1) is 0 Å². The van der Waals surface area contributed by atoms with Gasteiger partial charge in [0.05, 0.1) is 0 Å². The maximum absolute atomic E-state index is 8.74. The topological polar surface area (TPSA) is 64.8 Å². The van der Waals surface area contributed by atoms with E-state index in [1.807, 2.05) is 6.07 Å². The Bertz CT molecular complexity index is 384. The number of hydrogen-bond acceptors (Lipinski definition) is 5. The van der Waals surface area contributed by atoms with Crippen molar-refractivity contribution in [3.63, 3.8) is 0 Å². The molecule has 1 N–H and O–H groups in total. The number of anilines is 1. The fraction of sp³-hybridized carbons (Fsp3) is 0.500. The van der Waals surface area contributed by atoms with Gasteiger partial charge in [0, 0.05) is 31.9 Å². The first-order valence-corrected chi connectivity index (χ1v) is 5.01. The van der Waals surface area contributed by atoms with Gasteiger partial charge in [0.2, 0.25) is 5.95 Å². The van der Waals surface area contributed by atoms with E-state index in [0.29, 0.717) is 17.7 Å². The maximum atomic E-state index is 8.74. The minimum atomic E-state index is 0.422. The molecule has 1 fully saturated rings. The molecule has 0 aliphatic carbocycles. The predicted octanol–water partition coefficient (Wildman–Crippen LogP) is 0.146. The molecule has 1 aromatic rings. The Balaban J connectivity index is 2.18. The minimum absolute atomic E-state index is 0.422. The molecule has 78 valence electrons. The fourth-order valence-electron chi connectivity index (χ4n) is 1.68. The lowest BCUT2D eigenvalue weighted by molar-refractivity contribution is 0.479. The molecule has 0 amide bonds. The van der Waals surface area contributed by atoms with Crippen molar-refractivity contribution in [3.05, 3.63) is 18.0 Å². The van der Waals surface area contributed by atoms with Crippen molar-refractivity contribution in [2.45, 2.75) is 13.0 Å². The zero-order chi connectivity index (χ0) is 10.7. The molecule has 0 aromatic carbocycles. The van der Waals surface area contributed by atoms with Crippen molar-refractivity contribution in [1.82, 2.24) is 15.3 Å². The number of hydrogen-bond donors (Lipinski definition) is 1. The van der Waals surface area contributed by atoms with Crippen LogP contribution < -0.4 is 10.2 Å². The van der Waals surface area contributed by atoms with Crippen LogP contribution in [0, 0.1) is 11.3 Å². The van der Waals surface area contributed by atoms with Crippen LogP contribution in [0.25, 0.3) is 0 Å². The summed E-state index contributed by atoms with van der Waals surface area (Å²) in [5.41, 5.74) is 0.422. The Kier molecular flexibility index (Phi) is 2.79. The molecule has 1 atom stereocenters. The number of nitrogens with zero attached hydrogens (tertiary/aromatic N) is 4. The molecule has 2 heterocycles. The van der Waals surface area contributed by atoms with Gasteiger partial charge >= 0.3 is 0 Å². The first-order chi connectivity index (χ1) is 7.29. The zero-order valence-corrected chi connectivity index (χ0v) is 8.64. The van der Waals surface area contributed by atoms with Crippen molar-refractivity contribution in [2.24, 2.45) is 0 Å². The van der Waals surface area contributed by atoms with Gasteiger partial charge in [-0.2, -0.15) is 5.26 Å². The molecule has 15 heavy (non-hydrogen) atoms. The van der Waals surface area contributed by atoms with Crippen molar-refractivity contribution >= 4 is 5.95 Å². The van der Waals surface area contributed by atoms with E-state index in [9.17, 15) is 0 Å². The van der Waals surface area contributed by atoms with E-state index < -0.39 is 0 Å². The average molecular weight is 203 g/mol. The van der Waals surface area contributed by atoms with Gasteiger partial charge in [-0.1, -0.05) is 0 Å². The molecule has 0 spiro atoms. The van der Waals surface area contributed by atoms with Crippen LogP contribution >= 0.6 is 0 Å². The summed E-state index contributed by atoms with van der Waals surface area (Å²) in [7, 11) is 0. The van der Waals surface area contributed by atoms with Crippen molar-refractivity contribution in [2.75, 3.05) is 24.5 Å². The summed E-state index contributed by atoms with van der Waals surface area (Å²) in [6.45, 7) is 4.83. The highest BCUT2D eigenvalue weighted by atomic mass is 15.3. The second-order valence-electron chi connectivity index (χ2n) is 3.65. The molecule has 5 heteroatoms. The Labute approximate surface area is 88.8 Å². The van der Waals surface area contributed by atoms with E-state index in [0.717, 1.165) is 19.6 Å². The molecule has 0 bridgehead atoms. The van der Waals surface area contributed by atoms with Gasteiger partial charge in [0.25, 0.3) is 0 Å². The Morgan fingerprint density at radius 2 is 2.53 bits per heavy atom. The van der Waals surface area contributed by atoms with E-state index in [1.54, 1.807) is 12.3 Å². The van der Waals surface area contributed by atoms with Crippen molar-refractivity contribution in [3.8, 4) is 6.07 Å². The molecule has 1 aliphatic rings. The highest BCUT2D eigenvalue weighted by molar-refractivity contribution is 5.34. The van der Waals surface area contributed by atoms with Crippen LogP contribution in [0.2, 0.25) is 0 Å². The van der Waals surface area contributed by atoms with Gasteiger partial charge in [-0.25, -0.2) is 9.97 Å². The van der Waals surface area contributed by atoms with Crippen LogP contribution in [0.1, 0.15) is 12.6 Å². The van der Waals surface area contributed by atoms with Gasteiger partial charge in [-0.05, 0) is 13.0 Å². The Hall–Kier alpha value is -1.67. The number of piperazine rings is 1. The first-order valence-electron chi connectivity index (χ1n) is 5.01. The highest BCUT2D eigenvalue weighted by Crippen LogP contribution is 2.09. The van der Waals surface area contributed by atoms with Gasteiger partial charge in [0.15, 0.2) is 0 Å². The number of nitrogens with one attached hydrogen (secondary N) is 1. The summed E-state index contributed by atoms with van der Waals surface area (Å²) in [5, 5.41) is 12.1. The van der Waals surface area contributed by atoms with E-state index in [-0.39, 0.29) is 0 Å². The number of rotatable bonds is 1. The van der Waals surface area contributed by atoms with Gasteiger partial charge in [-0.3, -0.25) is 0 Å². The normalized spacial score (nSPS) is 21.1. The second-order valence-corrected chi connectivity index (χ2v) is 3.65. The maximum Gasteiger partial charge on any atom is 0.226 e. The summed E-state index contributed by atoms with van der Waals surface area (Å²) in [5.74, 6) is 0.655. The van der Waals surface area contributed by atoms with Gasteiger partial charge in [0.1, 0.15) is 11.8 Å². The monoisotopic (exact) mass is 203 g/mol. The minimum Gasteiger partial charge on any atom is -0.338 e. The highest BCUT2D eigenvalue weighted by Gasteiger charge is 2.17. The van der Waals surface area contributed by atoms with E-state index in [4.69, 9.17) is 5.26 Å². The van der Waals surface area contributed by atoms with Crippen LogP contribution in [0.5, 0.6) is 0 Å². The van der Waals surface area contributed by atoms with Crippen LogP contribution in [0.3, 0.4) is 0 Å². The lowest BCUT2D eigenvalue weighted by Gasteiger charge is -2.31. The first kappa shape index (κ1) is 9.87. The smallest absolute Gasteiger partial charge is 0.226 e. The molecule has 2 rings (SSSR count). The van der Waals surface area contributed by atoms with Crippen molar-refractivity contribution < 1.29 is 0 Å². The largest absolute Gasteiger partial charge is 0.338 e. The van der Waals surface area contributed by atoms with E-state index >= 15 is 0 Å². The third-order valence-corrected chi connectivity index (χ3v) is 2.41. The van der Waals surface area contributed by atoms with Crippen molar-refractivity contribution in [1.29, 1.82) is 5.26 Å².